The largest absolute Gasteiger partial charge is 0.497 e. The molecule has 0 fully saturated rings. The molecule has 16 heavy (non-hydrogen) atoms. The van der Waals surface area contributed by atoms with Crippen LogP contribution in [0.3, 0.4) is 0 Å². The van der Waals surface area contributed by atoms with Crippen molar-refractivity contribution >= 4 is 16.3 Å². The lowest BCUT2D eigenvalue weighted by Gasteiger charge is -2.05. The number of methoxy groups -OCH3 is 1. The first-order chi connectivity index (χ1) is 7.40. The average molecular weight is 246 g/mol. The van der Waals surface area contributed by atoms with Crippen LogP contribution in [0.4, 0.5) is 4.79 Å². The summed E-state index contributed by atoms with van der Waals surface area (Å²) in [6, 6.07) is 6.00. The van der Waals surface area contributed by atoms with Crippen LogP contribution in [-0.2, 0) is 10.2 Å². The van der Waals surface area contributed by atoms with Gasteiger partial charge in [0, 0.05) is 0 Å². The van der Waals surface area contributed by atoms with E-state index in [0.29, 0.717) is 5.75 Å². The topological polar surface area (TPSA) is 108 Å². The molecule has 1 rings (SSSR count). The molecule has 0 saturated carbocycles. The molecule has 1 aromatic rings. The van der Waals surface area contributed by atoms with Crippen LogP contribution in [0.2, 0.25) is 0 Å². The second kappa shape index (κ2) is 4.81. The Morgan fingerprint density at radius 1 is 1.25 bits per heavy atom. The van der Waals surface area contributed by atoms with Gasteiger partial charge in [-0.1, -0.05) is 0 Å². The molecule has 0 unspecified atom stereocenters. The SMILES string of the molecule is COc1ccc(OC(=O)NS(N)(=O)=O)cc1. The van der Waals surface area contributed by atoms with Crippen molar-refractivity contribution in [3.8, 4) is 11.5 Å². The summed E-state index contributed by atoms with van der Waals surface area (Å²) in [4.78, 5) is 11.0. The number of rotatable bonds is 3. The molecule has 0 spiro atoms. The molecule has 0 atom stereocenters. The number of ether oxygens (including phenoxy) is 2. The maximum atomic E-state index is 11.0. The van der Waals surface area contributed by atoms with E-state index in [1.807, 2.05) is 0 Å². The van der Waals surface area contributed by atoms with E-state index in [1.165, 1.54) is 24.0 Å². The Hall–Kier alpha value is -1.80. The van der Waals surface area contributed by atoms with Gasteiger partial charge in [0.25, 0.3) is 0 Å². The molecule has 3 N–H and O–H groups in total. The Bertz CT molecular complexity index is 468. The normalized spacial score (nSPS) is 10.6. The number of nitrogens with one attached hydrogen (secondary N) is 1. The fourth-order valence-corrected chi connectivity index (χ4v) is 1.16. The molecule has 0 saturated heterocycles. The van der Waals surface area contributed by atoms with Crippen LogP contribution in [0.15, 0.2) is 24.3 Å². The zero-order chi connectivity index (χ0) is 12.2. The van der Waals surface area contributed by atoms with E-state index in [9.17, 15) is 13.2 Å². The van der Waals surface area contributed by atoms with Gasteiger partial charge in [0.15, 0.2) is 0 Å². The average Bonchev–Trinajstić information content (AvgIpc) is 2.16. The predicted molar refractivity (Wildman–Crippen MR) is 55.3 cm³/mol. The summed E-state index contributed by atoms with van der Waals surface area (Å²) in [5.41, 5.74) is 0. The van der Waals surface area contributed by atoms with Gasteiger partial charge in [-0.15, -0.1) is 0 Å². The Kier molecular flexibility index (Phi) is 3.69. The minimum atomic E-state index is -4.11. The molecule has 1 amide bonds. The fraction of sp³-hybridized carbons (Fsp3) is 0.125. The highest BCUT2D eigenvalue weighted by atomic mass is 32.2. The Labute approximate surface area is 92.3 Å². The van der Waals surface area contributed by atoms with Gasteiger partial charge >= 0.3 is 16.3 Å². The zero-order valence-electron chi connectivity index (χ0n) is 8.34. The molecule has 0 aliphatic carbocycles. The third-order valence-corrected chi connectivity index (χ3v) is 1.95. The van der Waals surface area contributed by atoms with Crippen molar-refractivity contribution in [3.63, 3.8) is 0 Å². The summed E-state index contributed by atoms with van der Waals surface area (Å²) in [5.74, 6) is 0.751. The number of carbonyl (C=O) groups excluding carboxylic acids is 1. The number of amides is 1. The number of hydrogen-bond acceptors (Lipinski definition) is 5. The van der Waals surface area contributed by atoms with Gasteiger partial charge in [0.1, 0.15) is 11.5 Å². The lowest BCUT2D eigenvalue weighted by Crippen LogP contribution is -2.37. The number of carbonyl (C=O) groups is 1. The Morgan fingerprint density at radius 2 is 1.75 bits per heavy atom. The standard InChI is InChI=1S/C8H10N2O5S/c1-14-6-2-4-7(5-3-6)15-8(11)10-16(9,12)13/h2-5H,1H3,(H,10,11)(H2,9,12,13). The highest BCUT2D eigenvalue weighted by molar-refractivity contribution is 7.87. The van der Waals surface area contributed by atoms with Gasteiger partial charge in [0.05, 0.1) is 7.11 Å². The maximum absolute atomic E-state index is 11.0. The first-order valence-corrected chi connectivity index (χ1v) is 5.62. The van der Waals surface area contributed by atoms with E-state index in [0.717, 1.165) is 0 Å². The molecular formula is C8H10N2O5S. The van der Waals surface area contributed by atoms with Crippen molar-refractivity contribution in [2.24, 2.45) is 5.14 Å². The number of benzene rings is 1. The Morgan fingerprint density at radius 3 is 2.19 bits per heavy atom. The highest BCUT2D eigenvalue weighted by Gasteiger charge is 2.10. The van der Waals surface area contributed by atoms with E-state index in [-0.39, 0.29) is 5.75 Å². The predicted octanol–water partition coefficient (Wildman–Crippen LogP) is -0.0129. The molecule has 0 radical (unpaired) electrons. The first kappa shape index (κ1) is 12.3. The quantitative estimate of drug-likeness (QED) is 0.779. The van der Waals surface area contributed by atoms with Crippen molar-refractivity contribution in [2.75, 3.05) is 7.11 Å². The molecule has 7 nitrogen and oxygen atoms in total. The third kappa shape index (κ3) is 4.15. The molecule has 0 bridgehead atoms. The maximum Gasteiger partial charge on any atom is 0.427 e. The van der Waals surface area contributed by atoms with Gasteiger partial charge in [0.2, 0.25) is 0 Å². The van der Waals surface area contributed by atoms with Crippen molar-refractivity contribution < 1.29 is 22.7 Å². The van der Waals surface area contributed by atoms with Gasteiger partial charge < -0.3 is 9.47 Å². The lowest BCUT2D eigenvalue weighted by molar-refractivity contribution is 0.206. The monoisotopic (exact) mass is 246 g/mol. The zero-order valence-corrected chi connectivity index (χ0v) is 9.15. The van der Waals surface area contributed by atoms with Crippen LogP contribution >= 0.6 is 0 Å². The van der Waals surface area contributed by atoms with Gasteiger partial charge in [-0.3, -0.25) is 0 Å². The van der Waals surface area contributed by atoms with Gasteiger partial charge in [-0.2, -0.15) is 8.42 Å². The lowest BCUT2D eigenvalue weighted by atomic mass is 10.3. The van der Waals surface area contributed by atoms with E-state index < -0.39 is 16.3 Å². The minimum absolute atomic E-state index is 0.168. The van der Waals surface area contributed by atoms with E-state index >= 15 is 0 Å². The van der Waals surface area contributed by atoms with Gasteiger partial charge in [-0.05, 0) is 24.3 Å². The summed E-state index contributed by atoms with van der Waals surface area (Å²) in [5, 5.41) is 4.58. The smallest absolute Gasteiger partial charge is 0.427 e. The third-order valence-electron chi connectivity index (χ3n) is 1.50. The molecule has 0 aromatic heterocycles. The van der Waals surface area contributed by atoms with Crippen LogP contribution in [0.5, 0.6) is 11.5 Å². The molecule has 0 aliphatic heterocycles. The van der Waals surface area contributed by atoms with Crippen molar-refractivity contribution in [1.29, 1.82) is 0 Å². The van der Waals surface area contributed by atoms with Crippen LogP contribution in [-0.4, -0.2) is 21.6 Å². The van der Waals surface area contributed by atoms with E-state index in [1.54, 1.807) is 12.1 Å². The second-order valence-corrected chi connectivity index (χ2v) is 4.01. The van der Waals surface area contributed by atoms with Gasteiger partial charge in [-0.25, -0.2) is 14.7 Å². The van der Waals surface area contributed by atoms with Crippen molar-refractivity contribution in [3.05, 3.63) is 24.3 Å². The van der Waals surface area contributed by atoms with Crippen LogP contribution in [0.25, 0.3) is 0 Å². The summed E-state index contributed by atoms with van der Waals surface area (Å²) >= 11 is 0. The van der Waals surface area contributed by atoms with Crippen LogP contribution in [0, 0.1) is 0 Å². The highest BCUT2D eigenvalue weighted by Crippen LogP contribution is 2.16. The number of nitrogens with two attached hydrogens (primary N) is 1. The van der Waals surface area contributed by atoms with Crippen LogP contribution in [0.1, 0.15) is 0 Å². The van der Waals surface area contributed by atoms with E-state index in [2.05, 4.69) is 9.88 Å². The van der Waals surface area contributed by atoms with Crippen molar-refractivity contribution in [2.45, 2.75) is 0 Å². The second-order valence-electron chi connectivity index (χ2n) is 2.71. The minimum Gasteiger partial charge on any atom is -0.497 e. The first-order valence-electron chi connectivity index (χ1n) is 4.07. The Balaban J connectivity index is 2.63. The fourth-order valence-electron chi connectivity index (χ4n) is 0.888. The molecule has 1 aromatic carbocycles. The summed E-state index contributed by atoms with van der Waals surface area (Å²) in [6.07, 6.45) is -1.17. The van der Waals surface area contributed by atoms with Crippen molar-refractivity contribution in [1.82, 2.24) is 4.72 Å². The summed E-state index contributed by atoms with van der Waals surface area (Å²) in [6.45, 7) is 0. The molecule has 88 valence electrons. The van der Waals surface area contributed by atoms with Crippen LogP contribution < -0.4 is 19.3 Å². The summed E-state index contributed by atoms with van der Waals surface area (Å²) in [7, 11) is -2.62. The molecule has 0 aliphatic rings. The number of hydrogen-bond donors (Lipinski definition) is 2. The molecular weight excluding hydrogens is 236 g/mol. The molecule has 0 heterocycles. The summed E-state index contributed by atoms with van der Waals surface area (Å²) < 4.78 is 31.9. The van der Waals surface area contributed by atoms with E-state index in [4.69, 9.17) is 4.74 Å². The molecule has 8 heteroatoms.